The zero-order chi connectivity index (χ0) is 24.0. The molecule has 2 heterocycles. The number of benzene rings is 3. The monoisotopic (exact) mass is 469 g/mol. The minimum absolute atomic E-state index is 0.736. The zero-order valence-electron chi connectivity index (χ0n) is 20.4. The number of aryl methyl sites for hydroxylation is 2. The fraction of sp³-hybridized carbons (Fsp3) is 0.310. The second-order valence-electron chi connectivity index (χ2n) is 8.71. The summed E-state index contributed by atoms with van der Waals surface area (Å²) in [6.45, 7) is 3.21. The van der Waals surface area contributed by atoms with Crippen molar-refractivity contribution in [3.63, 3.8) is 0 Å². The molecule has 1 aromatic heterocycles. The fourth-order valence-corrected chi connectivity index (χ4v) is 4.68. The van der Waals surface area contributed by atoms with Crippen molar-refractivity contribution in [2.24, 2.45) is 0 Å². The first-order valence-electron chi connectivity index (χ1n) is 12.1. The normalized spacial score (nSPS) is 13.7. The van der Waals surface area contributed by atoms with Gasteiger partial charge in [-0.3, -0.25) is 0 Å². The number of hydrogen-bond acceptors (Lipinski definition) is 6. The maximum absolute atomic E-state index is 5.60. The van der Waals surface area contributed by atoms with Crippen LogP contribution in [-0.4, -0.2) is 50.5 Å². The Kier molecular flexibility index (Phi) is 7.09. The Morgan fingerprint density at radius 3 is 2.60 bits per heavy atom. The van der Waals surface area contributed by atoms with Gasteiger partial charge in [-0.25, -0.2) is 9.97 Å². The van der Waals surface area contributed by atoms with Gasteiger partial charge in [-0.1, -0.05) is 24.3 Å². The Hall–Kier alpha value is -3.64. The van der Waals surface area contributed by atoms with E-state index in [0.717, 1.165) is 74.1 Å². The van der Waals surface area contributed by atoms with Gasteiger partial charge in [-0.15, -0.1) is 0 Å². The summed E-state index contributed by atoms with van der Waals surface area (Å²) in [5.74, 6) is 2.66. The first kappa shape index (κ1) is 23.1. The molecule has 3 aromatic carbocycles. The number of hydrogen-bond donors (Lipinski definition) is 0. The Bertz CT molecular complexity index is 1300. The molecule has 1 aliphatic heterocycles. The number of aromatic nitrogens is 2. The molecule has 6 heteroatoms. The number of nitrogens with zero attached hydrogens (tertiary/aromatic N) is 3. The number of morpholine rings is 1. The van der Waals surface area contributed by atoms with Crippen LogP contribution in [0.1, 0.15) is 17.8 Å². The first-order chi connectivity index (χ1) is 17.2. The number of anilines is 1. The smallest absolute Gasteiger partial charge is 0.128 e. The molecule has 0 spiro atoms. The lowest BCUT2D eigenvalue weighted by atomic mass is 10.0. The molecule has 0 saturated carbocycles. The van der Waals surface area contributed by atoms with Gasteiger partial charge in [0.05, 0.1) is 33.1 Å². The molecule has 0 aliphatic carbocycles. The third-order valence-electron chi connectivity index (χ3n) is 6.53. The highest BCUT2D eigenvalue weighted by Gasteiger charge is 2.17. The second-order valence-corrected chi connectivity index (χ2v) is 8.71. The van der Waals surface area contributed by atoms with Crippen molar-refractivity contribution in [2.75, 3.05) is 45.4 Å². The molecule has 180 valence electrons. The Balaban J connectivity index is 1.42. The van der Waals surface area contributed by atoms with E-state index in [-0.39, 0.29) is 0 Å². The minimum atomic E-state index is 0.736. The molecule has 0 amide bonds. The van der Waals surface area contributed by atoms with Gasteiger partial charge >= 0.3 is 0 Å². The van der Waals surface area contributed by atoms with Gasteiger partial charge in [0, 0.05) is 42.3 Å². The van der Waals surface area contributed by atoms with Gasteiger partial charge in [0.15, 0.2) is 0 Å². The number of methoxy groups -OCH3 is 2. The molecule has 5 rings (SSSR count). The highest BCUT2D eigenvalue weighted by Crippen LogP contribution is 2.35. The standard InChI is InChI=1S/C29H31N3O3/c1-33-24-11-10-22-18-23(19-27(25(22)20-24)32-14-16-35-17-15-32)26-12-13-30-29(31-26)9-5-7-21-6-3-4-8-28(21)34-2/h3-4,6,8,10-13,18-20H,5,7,9,14-17H2,1-2H3. The molecule has 35 heavy (non-hydrogen) atoms. The van der Waals surface area contributed by atoms with Gasteiger partial charge in [0.25, 0.3) is 0 Å². The quantitative estimate of drug-likeness (QED) is 0.348. The molecule has 0 N–H and O–H groups in total. The Morgan fingerprint density at radius 1 is 0.914 bits per heavy atom. The Labute approximate surface area is 206 Å². The summed E-state index contributed by atoms with van der Waals surface area (Å²) in [7, 11) is 3.43. The predicted octanol–water partition coefficient (Wildman–Crippen LogP) is 5.33. The first-order valence-corrected chi connectivity index (χ1v) is 12.1. The summed E-state index contributed by atoms with van der Waals surface area (Å²) >= 11 is 0. The average molecular weight is 470 g/mol. The van der Waals surface area contributed by atoms with Gasteiger partial charge in [-0.2, -0.15) is 0 Å². The van der Waals surface area contributed by atoms with Crippen molar-refractivity contribution in [3.05, 3.63) is 78.2 Å². The van der Waals surface area contributed by atoms with Crippen molar-refractivity contribution in [2.45, 2.75) is 19.3 Å². The molecule has 1 aliphatic rings. The number of rotatable bonds is 8. The van der Waals surface area contributed by atoms with Crippen LogP contribution in [0.4, 0.5) is 5.69 Å². The van der Waals surface area contributed by atoms with Crippen LogP contribution in [0.2, 0.25) is 0 Å². The fourth-order valence-electron chi connectivity index (χ4n) is 4.68. The molecule has 0 bridgehead atoms. The minimum Gasteiger partial charge on any atom is -0.497 e. The topological polar surface area (TPSA) is 56.7 Å². The summed E-state index contributed by atoms with van der Waals surface area (Å²) in [4.78, 5) is 11.9. The van der Waals surface area contributed by atoms with E-state index < -0.39 is 0 Å². The molecule has 6 nitrogen and oxygen atoms in total. The van der Waals surface area contributed by atoms with Crippen LogP contribution in [0, 0.1) is 0 Å². The van der Waals surface area contributed by atoms with E-state index >= 15 is 0 Å². The van der Waals surface area contributed by atoms with Crippen molar-refractivity contribution in [3.8, 4) is 22.8 Å². The van der Waals surface area contributed by atoms with Crippen LogP contribution in [0.25, 0.3) is 22.0 Å². The lowest BCUT2D eigenvalue weighted by molar-refractivity contribution is 0.123. The molecule has 1 fully saturated rings. The lowest BCUT2D eigenvalue weighted by Crippen LogP contribution is -2.36. The van der Waals surface area contributed by atoms with Crippen LogP contribution < -0.4 is 14.4 Å². The SMILES string of the molecule is COc1ccc2cc(-c3ccnc(CCCc4ccccc4OC)n3)cc(N3CCOCC3)c2c1. The molecule has 4 aromatic rings. The molecule has 0 unspecified atom stereocenters. The van der Waals surface area contributed by atoms with Crippen molar-refractivity contribution >= 4 is 16.5 Å². The summed E-state index contributed by atoms with van der Waals surface area (Å²) in [6.07, 6.45) is 4.57. The van der Waals surface area contributed by atoms with Crippen LogP contribution in [0.15, 0.2) is 66.9 Å². The highest BCUT2D eigenvalue weighted by molar-refractivity contribution is 5.98. The van der Waals surface area contributed by atoms with Crippen molar-refractivity contribution in [1.82, 2.24) is 9.97 Å². The highest BCUT2D eigenvalue weighted by atomic mass is 16.5. The largest absolute Gasteiger partial charge is 0.497 e. The summed E-state index contributed by atoms with van der Waals surface area (Å²) in [6, 6.07) is 20.9. The molecular formula is C29H31N3O3. The van der Waals surface area contributed by atoms with Crippen LogP contribution in [-0.2, 0) is 17.6 Å². The van der Waals surface area contributed by atoms with E-state index in [1.165, 1.54) is 22.0 Å². The molecule has 1 saturated heterocycles. The number of ether oxygens (including phenoxy) is 3. The van der Waals surface area contributed by atoms with Gasteiger partial charge in [-0.05, 0) is 60.2 Å². The summed E-state index contributed by atoms with van der Waals surface area (Å²) in [5.41, 5.74) is 4.44. The van der Waals surface area contributed by atoms with Gasteiger partial charge in [0.2, 0.25) is 0 Å². The molecular weight excluding hydrogens is 438 g/mol. The van der Waals surface area contributed by atoms with Crippen LogP contribution in [0.5, 0.6) is 11.5 Å². The summed E-state index contributed by atoms with van der Waals surface area (Å²) < 4.78 is 16.6. The van der Waals surface area contributed by atoms with E-state index in [0.29, 0.717) is 0 Å². The van der Waals surface area contributed by atoms with Crippen LogP contribution >= 0.6 is 0 Å². The van der Waals surface area contributed by atoms with E-state index in [4.69, 9.17) is 19.2 Å². The van der Waals surface area contributed by atoms with Crippen molar-refractivity contribution < 1.29 is 14.2 Å². The van der Waals surface area contributed by atoms with E-state index in [1.54, 1.807) is 14.2 Å². The van der Waals surface area contributed by atoms with Gasteiger partial charge in [0.1, 0.15) is 17.3 Å². The third-order valence-corrected chi connectivity index (χ3v) is 6.53. The van der Waals surface area contributed by atoms with E-state index in [1.807, 2.05) is 30.5 Å². The predicted molar refractivity (Wildman–Crippen MR) is 140 cm³/mol. The molecule has 0 atom stereocenters. The van der Waals surface area contributed by atoms with Crippen molar-refractivity contribution in [1.29, 1.82) is 0 Å². The van der Waals surface area contributed by atoms with Gasteiger partial charge < -0.3 is 19.1 Å². The maximum atomic E-state index is 5.60. The van der Waals surface area contributed by atoms with E-state index in [2.05, 4.69) is 46.3 Å². The van der Waals surface area contributed by atoms with Crippen LogP contribution in [0.3, 0.4) is 0 Å². The molecule has 0 radical (unpaired) electrons. The third kappa shape index (κ3) is 5.23. The maximum Gasteiger partial charge on any atom is 0.128 e. The second kappa shape index (κ2) is 10.7. The Morgan fingerprint density at radius 2 is 1.77 bits per heavy atom. The average Bonchev–Trinajstić information content (AvgIpc) is 2.93. The lowest BCUT2D eigenvalue weighted by Gasteiger charge is -2.30. The number of fused-ring (bicyclic) bond motifs is 1. The summed E-state index contributed by atoms with van der Waals surface area (Å²) in [5, 5.41) is 2.35. The number of para-hydroxylation sites is 1. The van der Waals surface area contributed by atoms with E-state index in [9.17, 15) is 0 Å². The zero-order valence-corrected chi connectivity index (χ0v) is 20.4.